The Morgan fingerprint density at radius 1 is 1.07 bits per heavy atom. The molecule has 0 spiro atoms. The first-order chi connectivity index (χ1) is 14.5. The summed E-state index contributed by atoms with van der Waals surface area (Å²) in [5, 5.41) is 14.5. The molecular formula is C23H21N5O2-2. The lowest BCUT2D eigenvalue weighted by Crippen LogP contribution is -1.94. The number of fused-ring (bicyclic) bond motifs is 1. The van der Waals surface area contributed by atoms with Crippen molar-refractivity contribution in [3.8, 4) is 28.1 Å². The molecule has 152 valence electrons. The molecule has 0 bridgehead atoms. The second-order valence-corrected chi connectivity index (χ2v) is 6.74. The third-order valence-corrected chi connectivity index (χ3v) is 4.99. The van der Waals surface area contributed by atoms with E-state index in [4.69, 9.17) is 10.5 Å². The molecule has 4 aromatic rings. The molecule has 2 aromatic carbocycles. The molecule has 0 saturated heterocycles. The first-order valence-electron chi connectivity index (χ1n) is 9.40. The highest BCUT2D eigenvalue weighted by molar-refractivity contribution is 6.08. The summed E-state index contributed by atoms with van der Waals surface area (Å²) in [6, 6.07) is 15.3. The summed E-state index contributed by atoms with van der Waals surface area (Å²) in [6.45, 7) is 1.73. The van der Waals surface area contributed by atoms with E-state index in [2.05, 4.69) is 15.3 Å². The molecule has 0 unspecified atom stereocenters. The maximum Gasteiger partial charge on any atom is 0.140 e. The van der Waals surface area contributed by atoms with E-state index >= 15 is 0 Å². The molecule has 0 fully saturated rings. The zero-order valence-electron chi connectivity index (χ0n) is 16.9. The molecule has 0 aliphatic rings. The fraction of sp³-hybridized carbons (Fsp3) is 0.130. The average Bonchev–Trinajstić information content (AvgIpc) is 3.08. The Morgan fingerprint density at radius 3 is 2.37 bits per heavy atom. The van der Waals surface area contributed by atoms with Crippen molar-refractivity contribution < 1.29 is 9.84 Å². The molecule has 7 heteroatoms. The molecule has 2 heterocycles. The van der Waals surface area contributed by atoms with Gasteiger partial charge in [-0.15, -0.1) is 5.69 Å². The normalized spacial score (nSPS) is 11.6. The van der Waals surface area contributed by atoms with Crippen LogP contribution in [0, 0.1) is 0 Å². The fourth-order valence-corrected chi connectivity index (χ4v) is 3.52. The molecule has 0 saturated carbocycles. The number of aromatic nitrogens is 3. The van der Waals surface area contributed by atoms with Crippen LogP contribution in [-0.2, 0) is 7.05 Å². The van der Waals surface area contributed by atoms with E-state index in [1.54, 1.807) is 14.0 Å². The molecule has 2 N–H and O–H groups in total. The Hall–Kier alpha value is -4.00. The largest absolute Gasteiger partial charge is 0.628 e. The van der Waals surface area contributed by atoms with Gasteiger partial charge in [-0.2, -0.15) is 0 Å². The van der Waals surface area contributed by atoms with E-state index in [0.29, 0.717) is 16.7 Å². The fourth-order valence-electron chi connectivity index (χ4n) is 3.52. The Labute approximate surface area is 174 Å². The van der Waals surface area contributed by atoms with Gasteiger partial charge in [-0.25, -0.2) is 4.98 Å². The highest BCUT2D eigenvalue weighted by Crippen LogP contribution is 2.43. The number of ether oxygens (including phenoxy) is 1. The molecule has 7 nitrogen and oxygen atoms in total. The minimum Gasteiger partial charge on any atom is -0.628 e. The Balaban J connectivity index is 1.93. The van der Waals surface area contributed by atoms with Gasteiger partial charge in [0, 0.05) is 30.2 Å². The van der Waals surface area contributed by atoms with Gasteiger partial charge in [-0.1, -0.05) is 48.3 Å². The van der Waals surface area contributed by atoms with Crippen LogP contribution in [0.3, 0.4) is 0 Å². The smallest absolute Gasteiger partial charge is 0.140 e. The molecule has 4 rings (SSSR count). The van der Waals surface area contributed by atoms with E-state index in [-0.39, 0.29) is 11.7 Å². The maximum absolute atomic E-state index is 9.65. The number of aliphatic hydroxyl groups excluding tert-OH is 1. The van der Waals surface area contributed by atoms with Crippen molar-refractivity contribution in [2.24, 2.45) is 7.05 Å². The highest BCUT2D eigenvalue weighted by Gasteiger charge is 2.19. The monoisotopic (exact) mass is 399 g/mol. The molecular weight excluding hydrogens is 378 g/mol. The maximum atomic E-state index is 9.65. The number of aryl methyl sites for hydroxylation is 1. The van der Waals surface area contributed by atoms with Crippen molar-refractivity contribution in [3.05, 3.63) is 77.9 Å². The van der Waals surface area contributed by atoms with Gasteiger partial charge in [0.25, 0.3) is 0 Å². The van der Waals surface area contributed by atoms with Crippen molar-refractivity contribution in [3.63, 3.8) is 0 Å². The van der Waals surface area contributed by atoms with Gasteiger partial charge < -0.3 is 30.4 Å². The second kappa shape index (κ2) is 7.79. The van der Waals surface area contributed by atoms with Crippen molar-refractivity contribution in [1.29, 1.82) is 0 Å². The van der Waals surface area contributed by atoms with Gasteiger partial charge >= 0.3 is 0 Å². The number of rotatable bonds is 5. The van der Waals surface area contributed by atoms with E-state index in [1.165, 1.54) is 12.4 Å². The minimum atomic E-state index is -0.0274. The third kappa shape index (κ3) is 3.30. The number of hydrogen-bond donors (Lipinski definition) is 1. The van der Waals surface area contributed by atoms with Crippen molar-refractivity contribution in [1.82, 2.24) is 14.5 Å². The van der Waals surface area contributed by atoms with Crippen LogP contribution in [0.15, 0.2) is 66.8 Å². The second-order valence-electron chi connectivity index (χ2n) is 6.74. The molecule has 2 aromatic heterocycles. The van der Waals surface area contributed by atoms with Crippen molar-refractivity contribution in [2.75, 3.05) is 7.11 Å². The van der Waals surface area contributed by atoms with E-state index in [1.807, 2.05) is 60.1 Å². The molecule has 0 atom stereocenters. The summed E-state index contributed by atoms with van der Waals surface area (Å²) >= 11 is 0. The van der Waals surface area contributed by atoms with Gasteiger partial charge in [0.05, 0.1) is 12.8 Å². The lowest BCUT2D eigenvalue weighted by atomic mass is 9.98. The number of nitrogens with zero attached hydrogens (tertiary/aromatic N) is 4. The summed E-state index contributed by atoms with van der Waals surface area (Å²) in [7, 11) is 3.56. The molecule has 0 aliphatic carbocycles. The first-order valence-corrected chi connectivity index (χ1v) is 9.40. The lowest BCUT2D eigenvalue weighted by molar-refractivity contribution is 0.415. The molecule has 0 radical (unpaired) electrons. The summed E-state index contributed by atoms with van der Waals surface area (Å²) < 4.78 is 7.26. The van der Waals surface area contributed by atoms with Gasteiger partial charge in [0.15, 0.2) is 0 Å². The van der Waals surface area contributed by atoms with Crippen LogP contribution in [0.25, 0.3) is 44.5 Å². The zero-order chi connectivity index (χ0) is 21.3. The first kappa shape index (κ1) is 19.3. The average molecular weight is 399 g/mol. The number of methoxy groups -OCH3 is 1. The molecule has 0 amide bonds. The molecule has 0 aliphatic heterocycles. The highest BCUT2D eigenvalue weighted by atomic mass is 16.5. The van der Waals surface area contributed by atoms with Crippen LogP contribution in [0.4, 0.5) is 11.5 Å². The predicted octanol–water partition coefficient (Wildman–Crippen LogP) is 6.42. The third-order valence-electron chi connectivity index (χ3n) is 4.99. The number of hydrogen-bond acceptors (Lipinski definition) is 4. The summed E-state index contributed by atoms with van der Waals surface area (Å²) in [5.74, 6) is 0.912. The van der Waals surface area contributed by atoms with Crippen LogP contribution >= 0.6 is 0 Å². The van der Waals surface area contributed by atoms with Gasteiger partial charge in [0.2, 0.25) is 0 Å². The standard InChI is InChI=1S/C23H21N5O2/c1-4-18(29)27-16-9-5-15(6-10-16)21-19(14-7-11-17(30-3)12-8-14)20-22(24)25-13-26-23(20)28(21)2/h4-13H,1-3H3,(H2-,24,25,26,29)/q-2/b18-4-. The van der Waals surface area contributed by atoms with E-state index in [0.717, 1.165) is 28.1 Å². The van der Waals surface area contributed by atoms with Gasteiger partial charge in [-0.05, 0) is 30.2 Å². The van der Waals surface area contributed by atoms with E-state index in [9.17, 15) is 5.11 Å². The number of allylic oxidation sites excluding steroid dienone is 1. The Bertz CT molecular complexity index is 1230. The molecule has 30 heavy (non-hydrogen) atoms. The van der Waals surface area contributed by atoms with Crippen molar-refractivity contribution in [2.45, 2.75) is 6.92 Å². The van der Waals surface area contributed by atoms with Crippen LogP contribution in [-0.4, -0.2) is 26.8 Å². The van der Waals surface area contributed by atoms with Crippen LogP contribution in [0.1, 0.15) is 6.92 Å². The van der Waals surface area contributed by atoms with Crippen molar-refractivity contribution >= 4 is 22.5 Å². The lowest BCUT2D eigenvalue weighted by Gasteiger charge is -2.21. The van der Waals surface area contributed by atoms with Gasteiger partial charge in [0.1, 0.15) is 11.4 Å². The number of nitrogens with one attached hydrogen (secondary N) is 1. The van der Waals surface area contributed by atoms with Crippen LogP contribution < -0.4 is 4.74 Å². The quantitative estimate of drug-likeness (QED) is 0.391. The summed E-state index contributed by atoms with van der Waals surface area (Å²) in [5.41, 5.74) is 13.4. The van der Waals surface area contributed by atoms with E-state index < -0.39 is 0 Å². The zero-order valence-corrected chi connectivity index (χ0v) is 16.9. The Morgan fingerprint density at radius 2 is 1.73 bits per heavy atom. The summed E-state index contributed by atoms with van der Waals surface area (Å²) in [4.78, 5) is 8.52. The predicted molar refractivity (Wildman–Crippen MR) is 119 cm³/mol. The van der Waals surface area contributed by atoms with Crippen LogP contribution in [0.2, 0.25) is 0 Å². The van der Waals surface area contributed by atoms with Crippen LogP contribution in [0.5, 0.6) is 5.75 Å². The number of benzene rings is 2. The minimum absolute atomic E-state index is 0.0274. The topological polar surface area (TPSA) is 98.1 Å². The van der Waals surface area contributed by atoms with Gasteiger partial charge in [-0.3, -0.25) is 0 Å². The Kier molecular flexibility index (Phi) is 5.02. The SMILES string of the molecule is C/C=C(\O)[N-]c1ccc(-c2c(-c3ccc(OC)cc3)c3c([NH-])ncnc3n2C)cc1. The number of aliphatic hydroxyl groups is 1. The summed E-state index contributed by atoms with van der Waals surface area (Å²) in [6.07, 6.45) is 2.95.